The summed E-state index contributed by atoms with van der Waals surface area (Å²) in [6, 6.07) is 194. The van der Waals surface area contributed by atoms with E-state index in [9.17, 15) is 0 Å². The summed E-state index contributed by atoms with van der Waals surface area (Å²) in [5, 5.41) is 36.9. The van der Waals surface area contributed by atoms with Crippen LogP contribution >= 0.6 is 0 Å². The van der Waals surface area contributed by atoms with Crippen molar-refractivity contribution >= 4 is 195 Å². The molecule has 3 aromatic heterocycles. The molecule has 31 rings (SSSR count). The van der Waals surface area contributed by atoms with Gasteiger partial charge in [-0.05, 0) is 332 Å². The number of rotatable bonds is 10. The number of furan rings is 3. The maximum Gasteiger partial charge on any atom is 0.136 e. The average Bonchev–Trinajstić information content (AvgIpc) is 1.66. The molecule has 147 heavy (non-hydrogen) atoms. The van der Waals surface area contributed by atoms with Crippen molar-refractivity contribution in [2.24, 2.45) is 0 Å². The van der Waals surface area contributed by atoms with E-state index in [0.29, 0.717) is 0 Å². The molecule has 0 spiro atoms. The van der Waals surface area contributed by atoms with E-state index >= 15 is 0 Å². The summed E-state index contributed by atoms with van der Waals surface area (Å²) in [6.45, 7) is 0. The molecule has 0 amide bonds. The van der Waals surface area contributed by atoms with Gasteiger partial charge in [0.15, 0.2) is 0 Å². The molecule has 682 valence electrons. The highest BCUT2D eigenvalue weighted by Crippen LogP contribution is 2.52. The molecule has 0 bridgehead atoms. The summed E-state index contributed by atoms with van der Waals surface area (Å²) in [5.41, 5.74) is 30.0. The lowest BCUT2D eigenvalue weighted by molar-refractivity contribution is 0.669. The van der Waals surface area contributed by atoms with E-state index < -0.39 is 0 Å². The van der Waals surface area contributed by atoms with Gasteiger partial charge in [0.25, 0.3) is 0 Å². The Morgan fingerprint density at radius 2 is 0.286 bits per heavy atom. The molecule has 0 fully saturated rings. The van der Waals surface area contributed by atoms with Crippen molar-refractivity contribution in [2.45, 2.75) is 0 Å². The van der Waals surface area contributed by atoms with Crippen molar-refractivity contribution in [1.82, 2.24) is 0 Å². The van der Waals surface area contributed by atoms with Crippen molar-refractivity contribution in [3.63, 3.8) is 0 Å². The second-order valence-electron chi connectivity index (χ2n) is 38.9. The molecular formula is C144H88O3. The van der Waals surface area contributed by atoms with E-state index in [-0.39, 0.29) is 0 Å². The van der Waals surface area contributed by atoms with Crippen LogP contribution in [0.5, 0.6) is 0 Å². The molecule has 3 nitrogen and oxygen atoms in total. The van der Waals surface area contributed by atoms with E-state index in [1.807, 2.05) is 0 Å². The van der Waals surface area contributed by atoms with Crippen LogP contribution in [0.1, 0.15) is 0 Å². The van der Waals surface area contributed by atoms with Crippen LogP contribution in [0.25, 0.3) is 306 Å². The third-order valence-electron chi connectivity index (χ3n) is 30.7. The standard InChI is InChI=1S/C52H32O.2C46H28O/c1-2-13-35-29-38(24-23-33(35)11-1)36-14-9-16-40(30-36)50-43-19-5-7-21-45(43)51(46-22-8-6-20-44(46)50)41-17-10-15-37(31-41)39-26-27-48-47(32-39)52-42-18-4-3-12-34(42)25-28-49(52)53-48;1-3-16-34-29(11-1)13-10-22-36(34)45-39-20-7-5-18-37(39)44(38-19-6-8-21-40(38)45)33-15-9-14-31(27-33)32-24-25-42-41(28-32)46-35-17-4-2-12-30(35)23-26-43(46)47-42;1-2-12-31-26-35(21-20-29(31)10-1)45-39-18-7-5-16-37(39)44(38-17-6-8-19-40(38)45)34-14-9-13-32(27-34)33-23-24-42-41(28-33)46-36-15-4-3-11-30(36)22-25-43(46)47-42/h1-32H;2*1-28H. The minimum absolute atomic E-state index is 0.911. The van der Waals surface area contributed by atoms with Gasteiger partial charge in [-0.3, -0.25) is 0 Å². The summed E-state index contributed by atoms with van der Waals surface area (Å²) >= 11 is 0. The second-order valence-corrected chi connectivity index (χ2v) is 38.9. The molecule has 0 N–H and O–H groups in total. The molecule has 0 aliphatic rings. The quantitative estimate of drug-likeness (QED) is 0.128. The van der Waals surface area contributed by atoms with Crippen molar-refractivity contribution in [3.8, 4) is 111 Å². The molecular weight excluding hydrogens is 1780 g/mol. The molecule has 0 aliphatic carbocycles. The molecule has 0 unspecified atom stereocenters. The van der Waals surface area contributed by atoms with Gasteiger partial charge in [0.05, 0.1) is 0 Å². The Balaban J connectivity index is 0.000000104. The predicted octanol–water partition coefficient (Wildman–Crippen LogP) is 41.3. The fourth-order valence-corrected chi connectivity index (χ4v) is 24.0. The minimum atomic E-state index is 0.911. The van der Waals surface area contributed by atoms with E-state index in [4.69, 9.17) is 13.3 Å². The first-order valence-corrected chi connectivity index (χ1v) is 50.6. The van der Waals surface area contributed by atoms with Gasteiger partial charge in [0.2, 0.25) is 0 Å². The van der Waals surface area contributed by atoms with Gasteiger partial charge in [0.1, 0.15) is 33.5 Å². The summed E-state index contributed by atoms with van der Waals surface area (Å²) in [7, 11) is 0. The monoisotopic (exact) mass is 1860 g/mol. The molecule has 0 saturated heterocycles. The van der Waals surface area contributed by atoms with E-state index in [2.05, 4.69) is 534 Å². The van der Waals surface area contributed by atoms with Gasteiger partial charge in [-0.1, -0.05) is 443 Å². The maximum absolute atomic E-state index is 6.34. The van der Waals surface area contributed by atoms with Crippen molar-refractivity contribution in [3.05, 3.63) is 534 Å². The van der Waals surface area contributed by atoms with Gasteiger partial charge in [-0.2, -0.15) is 0 Å². The zero-order chi connectivity index (χ0) is 96.7. The maximum atomic E-state index is 6.34. The number of benzene rings is 28. The SMILES string of the molecule is c1cc(-c2ccc3ccccc3c2)cc(-c2c3ccccc3c(-c3cccc(-c4ccc5oc6ccc7ccccc7c6c5c4)c3)c3ccccc23)c1.c1cc(-c2ccc3oc4ccc5ccccc5c4c3c2)cc(-c2c3ccccc3c(-c3ccc4ccccc4c3)c3ccccc23)c1.c1cc(-c2ccc3oc4ccc5ccccc5c4c3c2)cc(-c2c3ccccc3c(-c3cccc4ccccc34)c3ccccc23)c1. The third-order valence-corrected chi connectivity index (χ3v) is 30.7. The highest BCUT2D eigenvalue weighted by Gasteiger charge is 2.25. The fourth-order valence-electron chi connectivity index (χ4n) is 24.0. The van der Waals surface area contributed by atoms with E-state index in [0.717, 1.165) is 49.7 Å². The van der Waals surface area contributed by atoms with Crippen LogP contribution in [0.4, 0.5) is 0 Å². The van der Waals surface area contributed by atoms with Crippen LogP contribution in [-0.2, 0) is 0 Å². The first-order chi connectivity index (χ1) is 72.9. The van der Waals surface area contributed by atoms with Gasteiger partial charge >= 0.3 is 0 Å². The van der Waals surface area contributed by atoms with E-state index in [1.165, 1.54) is 257 Å². The fraction of sp³-hybridized carbons (Fsp3) is 0. The Labute approximate surface area is 847 Å². The molecule has 0 saturated carbocycles. The van der Waals surface area contributed by atoms with Crippen LogP contribution in [0.2, 0.25) is 0 Å². The Morgan fingerprint density at radius 1 is 0.0952 bits per heavy atom. The highest BCUT2D eigenvalue weighted by atomic mass is 16.3. The zero-order valence-electron chi connectivity index (χ0n) is 80.0. The lowest BCUT2D eigenvalue weighted by Gasteiger charge is -2.19. The Hall–Kier alpha value is -19.3. The van der Waals surface area contributed by atoms with Crippen molar-refractivity contribution in [2.75, 3.05) is 0 Å². The Bertz CT molecular complexity index is 10700. The summed E-state index contributed by atoms with van der Waals surface area (Å²) in [6.07, 6.45) is 0. The molecule has 28 aromatic carbocycles. The molecule has 0 aliphatic heterocycles. The Morgan fingerprint density at radius 3 is 0.599 bits per heavy atom. The van der Waals surface area contributed by atoms with Gasteiger partial charge in [-0.25, -0.2) is 0 Å². The van der Waals surface area contributed by atoms with Crippen molar-refractivity contribution < 1.29 is 13.3 Å². The number of hydrogen-bond donors (Lipinski definition) is 0. The molecule has 3 heteroatoms. The molecule has 3 heterocycles. The normalized spacial score (nSPS) is 11.8. The first kappa shape index (κ1) is 84.5. The van der Waals surface area contributed by atoms with Gasteiger partial charge < -0.3 is 13.3 Å². The van der Waals surface area contributed by atoms with Crippen LogP contribution in [0.3, 0.4) is 0 Å². The lowest BCUT2D eigenvalue weighted by Crippen LogP contribution is -1.92. The average molecular weight is 1870 g/mol. The van der Waals surface area contributed by atoms with Crippen LogP contribution < -0.4 is 0 Å². The lowest BCUT2D eigenvalue weighted by atomic mass is 9.84. The first-order valence-electron chi connectivity index (χ1n) is 50.6. The van der Waals surface area contributed by atoms with Gasteiger partial charge in [-0.15, -0.1) is 0 Å². The number of fused-ring (bicyclic) bond motifs is 24. The molecule has 0 radical (unpaired) electrons. The second kappa shape index (κ2) is 34.8. The zero-order valence-corrected chi connectivity index (χ0v) is 80.0. The van der Waals surface area contributed by atoms with Crippen LogP contribution in [0, 0.1) is 0 Å². The van der Waals surface area contributed by atoms with Crippen LogP contribution in [0.15, 0.2) is 547 Å². The summed E-state index contributed by atoms with van der Waals surface area (Å²) < 4.78 is 19.0. The largest absolute Gasteiger partial charge is 0.456 e. The smallest absolute Gasteiger partial charge is 0.136 e. The van der Waals surface area contributed by atoms with Crippen molar-refractivity contribution in [1.29, 1.82) is 0 Å². The topological polar surface area (TPSA) is 39.4 Å². The Kier molecular flexibility index (Phi) is 20.0. The molecule has 31 aromatic rings. The summed E-state index contributed by atoms with van der Waals surface area (Å²) in [4.78, 5) is 0. The number of hydrogen-bond acceptors (Lipinski definition) is 3. The van der Waals surface area contributed by atoms with E-state index in [1.54, 1.807) is 0 Å². The van der Waals surface area contributed by atoms with Gasteiger partial charge in [0, 0.05) is 32.3 Å². The molecule has 0 atom stereocenters. The highest BCUT2D eigenvalue weighted by molar-refractivity contribution is 6.28. The third kappa shape index (κ3) is 14.3. The summed E-state index contributed by atoms with van der Waals surface area (Å²) in [5.74, 6) is 0. The van der Waals surface area contributed by atoms with Crippen LogP contribution in [-0.4, -0.2) is 0 Å². The minimum Gasteiger partial charge on any atom is -0.456 e. The predicted molar refractivity (Wildman–Crippen MR) is 626 cm³/mol.